The molecule has 0 unspecified atom stereocenters. The zero-order chi connectivity index (χ0) is 15.1. The first kappa shape index (κ1) is 15.0. The third-order valence-electron chi connectivity index (χ3n) is 2.98. The zero-order valence-corrected chi connectivity index (χ0v) is 11.8. The van der Waals surface area contributed by atoms with Crippen LogP contribution in [0.3, 0.4) is 0 Å². The Morgan fingerprint density at radius 1 is 1.38 bits per heavy atom. The molecule has 112 valence electrons. The van der Waals surface area contributed by atoms with Gasteiger partial charge in [-0.05, 0) is 12.1 Å². The van der Waals surface area contributed by atoms with Crippen molar-refractivity contribution in [3.63, 3.8) is 0 Å². The van der Waals surface area contributed by atoms with Crippen LogP contribution in [0.5, 0.6) is 5.75 Å². The maximum Gasteiger partial charge on any atom is 0.339 e. The molecule has 7 heteroatoms. The van der Waals surface area contributed by atoms with Crippen LogP contribution in [0.25, 0.3) is 0 Å². The fraction of sp³-hybridized carbons (Fsp3) is 0.357. The largest absolute Gasteiger partial charge is 0.491 e. The molecule has 0 bridgehead atoms. The van der Waals surface area contributed by atoms with Gasteiger partial charge in [-0.1, -0.05) is 12.1 Å². The van der Waals surface area contributed by atoms with E-state index >= 15 is 0 Å². The summed E-state index contributed by atoms with van der Waals surface area (Å²) >= 11 is 0. The quantitative estimate of drug-likeness (QED) is 0.697. The van der Waals surface area contributed by atoms with Gasteiger partial charge in [-0.3, -0.25) is 0 Å². The number of ether oxygens (including phenoxy) is 1. The van der Waals surface area contributed by atoms with Crippen LogP contribution in [-0.2, 0) is 13.5 Å². The number of aromatic carboxylic acids is 1. The van der Waals surface area contributed by atoms with Gasteiger partial charge in [0.1, 0.15) is 30.1 Å². The number of nitrogens with one attached hydrogen (secondary N) is 1. The van der Waals surface area contributed by atoms with E-state index in [-0.39, 0.29) is 5.56 Å². The molecule has 0 saturated heterocycles. The number of benzene rings is 1. The Bertz CT molecular complexity index is 597. The van der Waals surface area contributed by atoms with Crippen LogP contribution in [0.4, 0.5) is 0 Å². The predicted octanol–water partition coefficient (Wildman–Crippen LogP) is 0.724. The van der Waals surface area contributed by atoms with Gasteiger partial charge in [-0.2, -0.15) is 0 Å². The lowest BCUT2D eigenvalue weighted by Crippen LogP contribution is -2.24. The van der Waals surface area contributed by atoms with Crippen molar-refractivity contribution >= 4 is 5.97 Å². The average Bonchev–Trinajstić information content (AvgIpc) is 2.88. The Balaban J connectivity index is 1.68. The number of hydrogen-bond donors (Lipinski definition) is 2. The molecule has 2 aromatic rings. The van der Waals surface area contributed by atoms with Crippen LogP contribution in [-0.4, -0.2) is 45.5 Å². The number of carboxylic acids is 1. The number of carboxylic acid groups (broad SMARTS) is 1. The first-order valence-corrected chi connectivity index (χ1v) is 6.67. The van der Waals surface area contributed by atoms with E-state index in [9.17, 15) is 4.79 Å². The molecule has 7 nitrogen and oxygen atoms in total. The molecule has 2 rings (SSSR count). The summed E-state index contributed by atoms with van der Waals surface area (Å²) in [5.74, 6) is 0.320. The van der Waals surface area contributed by atoms with Crippen molar-refractivity contribution in [1.82, 2.24) is 20.1 Å². The van der Waals surface area contributed by atoms with Gasteiger partial charge in [0.25, 0.3) is 0 Å². The van der Waals surface area contributed by atoms with Crippen molar-refractivity contribution < 1.29 is 14.6 Å². The third kappa shape index (κ3) is 4.28. The van der Waals surface area contributed by atoms with Crippen LogP contribution in [0, 0.1) is 0 Å². The second-order valence-corrected chi connectivity index (χ2v) is 4.51. The lowest BCUT2D eigenvalue weighted by atomic mass is 10.2. The van der Waals surface area contributed by atoms with Crippen LogP contribution in [0.2, 0.25) is 0 Å². The summed E-state index contributed by atoms with van der Waals surface area (Å²) in [7, 11) is 1.90. The lowest BCUT2D eigenvalue weighted by molar-refractivity contribution is 0.0692. The molecule has 0 aliphatic heterocycles. The highest BCUT2D eigenvalue weighted by Gasteiger charge is 2.09. The van der Waals surface area contributed by atoms with Crippen LogP contribution in [0.15, 0.2) is 30.6 Å². The molecular weight excluding hydrogens is 272 g/mol. The highest BCUT2D eigenvalue weighted by atomic mass is 16.5. The number of nitrogens with zero attached hydrogens (tertiary/aromatic N) is 3. The molecule has 0 aliphatic carbocycles. The molecule has 0 fully saturated rings. The van der Waals surface area contributed by atoms with Gasteiger partial charge >= 0.3 is 5.97 Å². The SMILES string of the molecule is Cn1cnnc1CCNCCOc1ccccc1C(=O)O. The summed E-state index contributed by atoms with van der Waals surface area (Å²) in [4.78, 5) is 11.0. The number of carbonyl (C=O) groups is 1. The van der Waals surface area contributed by atoms with Gasteiger partial charge in [0.05, 0.1) is 0 Å². The molecule has 2 N–H and O–H groups in total. The molecule has 21 heavy (non-hydrogen) atoms. The van der Waals surface area contributed by atoms with E-state index in [1.807, 2.05) is 11.6 Å². The summed E-state index contributed by atoms with van der Waals surface area (Å²) in [6, 6.07) is 6.61. The second-order valence-electron chi connectivity index (χ2n) is 4.51. The highest BCUT2D eigenvalue weighted by Crippen LogP contribution is 2.17. The Morgan fingerprint density at radius 2 is 2.19 bits per heavy atom. The second kappa shape index (κ2) is 7.39. The summed E-state index contributed by atoms with van der Waals surface area (Å²) in [6.45, 7) is 1.80. The van der Waals surface area contributed by atoms with E-state index in [0.717, 1.165) is 18.8 Å². The summed E-state index contributed by atoms with van der Waals surface area (Å²) in [5, 5.41) is 20.0. The highest BCUT2D eigenvalue weighted by molar-refractivity contribution is 5.90. The zero-order valence-electron chi connectivity index (χ0n) is 11.8. The molecule has 0 atom stereocenters. The minimum absolute atomic E-state index is 0.177. The minimum atomic E-state index is -0.985. The van der Waals surface area contributed by atoms with Gasteiger partial charge in [0.15, 0.2) is 0 Å². The number of hydrogen-bond acceptors (Lipinski definition) is 5. The number of rotatable bonds is 8. The first-order valence-electron chi connectivity index (χ1n) is 6.67. The normalized spacial score (nSPS) is 10.5. The Morgan fingerprint density at radius 3 is 2.90 bits per heavy atom. The van der Waals surface area contributed by atoms with E-state index in [0.29, 0.717) is 18.9 Å². The number of aryl methyl sites for hydroxylation is 1. The summed E-state index contributed by atoms with van der Waals surface area (Å²) < 4.78 is 7.36. The monoisotopic (exact) mass is 290 g/mol. The maximum absolute atomic E-state index is 11.0. The molecule has 1 aromatic heterocycles. The van der Waals surface area contributed by atoms with Gasteiger partial charge in [0, 0.05) is 26.6 Å². The molecule has 1 aromatic carbocycles. The predicted molar refractivity (Wildman–Crippen MR) is 76.5 cm³/mol. The third-order valence-corrected chi connectivity index (χ3v) is 2.98. The van der Waals surface area contributed by atoms with Crippen molar-refractivity contribution in [1.29, 1.82) is 0 Å². The minimum Gasteiger partial charge on any atom is -0.491 e. The molecular formula is C14H18N4O3. The van der Waals surface area contributed by atoms with Crippen molar-refractivity contribution in [2.24, 2.45) is 7.05 Å². The fourth-order valence-corrected chi connectivity index (χ4v) is 1.86. The molecule has 1 heterocycles. The van der Waals surface area contributed by atoms with Gasteiger partial charge < -0.3 is 19.7 Å². The molecule has 0 aliphatic rings. The topological polar surface area (TPSA) is 89.3 Å². The Kier molecular flexibility index (Phi) is 5.28. The van der Waals surface area contributed by atoms with Crippen LogP contribution in [0.1, 0.15) is 16.2 Å². The Hall–Kier alpha value is -2.41. The molecule has 0 radical (unpaired) electrons. The lowest BCUT2D eigenvalue weighted by Gasteiger charge is -2.09. The van der Waals surface area contributed by atoms with Crippen LogP contribution < -0.4 is 10.1 Å². The van der Waals surface area contributed by atoms with E-state index in [2.05, 4.69) is 15.5 Å². The fourth-order valence-electron chi connectivity index (χ4n) is 1.86. The summed E-state index contributed by atoms with van der Waals surface area (Å²) in [6.07, 6.45) is 2.45. The van der Waals surface area contributed by atoms with Crippen LogP contribution >= 0.6 is 0 Å². The van der Waals surface area contributed by atoms with E-state index in [1.165, 1.54) is 6.07 Å². The Labute approximate surface area is 122 Å². The van der Waals surface area contributed by atoms with Crippen molar-refractivity contribution in [3.8, 4) is 5.75 Å². The number of para-hydroxylation sites is 1. The van der Waals surface area contributed by atoms with Crippen molar-refractivity contribution in [2.75, 3.05) is 19.7 Å². The van der Waals surface area contributed by atoms with Crippen molar-refractivity contribution in [2.45, 2.75) is 6.42 Å². The molecule has 0 amide bonds. The number of aromatic nitrogens is 3. The van der Waals surface area contributed by atoms with Gasteiger partial charge in [0.2, 0.25) is 0 Å². The smallest absolute Gasteiger partial charge is 0.339 e. The van der Waals surface area contributed by atoms with E-state index in [1.54, 1.807) is 24.5 Å². The average molecular weight is 290 g/mol. The van der Waals surface area contributed by atoms with Gasteiger partial charge in [-0.25, -0.2) is 4.79 Å². The maximum atomic E-state index is 11.0. The summed E-state index contributed by atoms with van der Waals surface area (Å²) in [5.41, 5.74) is 0.177. The van der Waals surface area contributed by atoms with Gasteiger partial charge in [-0.15, -0.1) is 10.2 Å². The van der Waals surface area contributed by atoms with E-state index < -0.39 is 5.97 Å². The van der Waals surface area contributed by atoms with Crippen molar-refractivity contribution in [3.05, 3.63) is 42.0 Å². The first-order chi connectivity index (χ1) is 10.2. The molecule has 0 saturated carbocycles. The molecule has 0 spiro atoms. The van der Waals surface area contributed by atoms with E-state index in [4.69, 9.17) is 9.84 Å². The standard InChI is InChI=1S/C14H18N4O3/c1-18-10-16-17-13(18)6-7-15-8-9-21-12-5-3-2-4-11(12)14(19)20/h2-5,10,15H,6-9H2,1H3,(H,19,20).